The van der Waals surface area contributed by atoms with Crippen molar-refractivity contribution < 1.29 is 23.1 Å². The van der Waals surface area contributed by atoms with Gasteiger partial charge < -0.3 is 15.7 Å². The number of hydrogen-bond acceptors (Lipinski definition) is 4. The summed E-state index contributed by atoms with van der Waals surface area (Å²) in [4.78, 5) is 22.6. The monoisotopic (exact) mass is 308 g/mol. The normalized spacial score (nSPS) is 14.7. The summed E-state index contributed by atoms with van der Waals surface area (Å²) in [6, 6.07) is -1.89. The van der Waals surface area contributed by atoms with E-state index in [1.54, 1.807) is 0 Å². The first-order chi connectivity index (χ1) is 9.01. The van der Waals surface area contributed by atoms with Crippen LogP contribution in [0.25, 0.3) is 0 Å². The van der Waals surface area contributed by atoms with E-state index in [0.29, 0.717) is 5.92 Å². The molecule has 0 aromatic heterocycles. The van der Waals surface area contributed by atoms with Gasteiger partial charge in [-0.15, -0.1) is 0 Å². The highest BCUT2D eigenvalue weighted by Crippen LogP contribution is 2.04. The van der Waals surface area contributed by atoms with Crippen molar-refractivity contribution in [2.45, 2.75) is 45.7 Å². The molecule has 0 bridgehead atoms. The van der Waals surface area contributed by atoms with Crippen LogP contribution in [0.5, 0.6) is 0 Å². The van der Waals surface area contributed by atoms with Gasteiger partial charge in [0.1, 0.15) is 15.9 Å². The highest BCUT2D eigenvalue weighted by atomic mass is 32.2. The average Bonchev–Trinajstić information content (AvgIpc) is 2.20. The van der Waals surface area contributed by atoms with Crippen LogP contribution in [0.2, 0.25) is 0 Å². The number of aliphatic carboxylic acids is 1. The Morgan fingerprint density at radius 2 is 1.70 bits per heavy atom. The summed E-state index contributed by atoms with van der Waals surface area (Å²) < 4.78 is 22.0. The fourth-order valence-electron chi connectivity index (χ4n) is 1.78. The first-order valence-corrected chi connectivity index (χ1v) is 8.55. The van der Waals surface area contributed by atoms with Gasteiger partial charge in [0.15, 0.2) is 0 Å². The number of nitrogens with one attached hydrogen (secondary N) is 2. The Labute approximate surface area is 120 Å². The molecule has 0 aromatic carbocycles. The van der Waals surface area contributed by atoms with Crippen molar-refractivity contribution in [2.24, 2.45) is 5.92 Å². The number of carboxylic acids is 1. The summed E-state index contributed by atoms with van der Waals surface area (Å²) in [6.45, 7) is 5.86. The molecule has 0 aliphatic carbocycles. The smallest absolute Gasteiger partial charge is 0.326 e. The van der Waals surface area contributed by atoms with Gasteiger partial charge in [0.2, 0.25) is 0 Å². The van der Waals surface area contributed by atoms with Crippen LogP contribution in [0.1, 0.15) is 33.6 Å². The summed E-state index contributed by atoms with van der Waals surface area (Å²) in [7, 11) is -3.26. The van der Waals surface area contributed by atoms with Crippen LogP contribution >= 0.6 is 0 Å². The van der Waals surface area contributed by atoms with Crippen molar-refractivity contribution >= 4 is 21.8 Å². The van der Waals surface area contributed by atoms with Gasteiger partial charge in [0.05, 0.1) is 5.75 Å². The largest absolute Gasteiger partial charge is 0.480 e. The Morgan fingerprint density at radius 1 is 1.15 bits per heavy atom. The SMILES string of the molecule is CC(C)CC(C)NC(=O)NC(CCS(C)(=O)=O)C(=O)O. The molecule has 8 heteroatoms. The fraction of sp³-hybridized carbons (Fsp3) is 0.833. The van der Waals surface area contributed by atoms with E-state index >= 15 is 0 Å². The molecule has 0 radical (unpaired) electrons. The first kappa shape index (κ1) is 18.7. The van der Waals surface area contributed by atoms with Gasteiger partial charge in [-0.05, 0) is 25.7 Å². The minimum Gasteiger partial charge on any atom is -0.480 e. The summed E-state index contributed by atoms with van der Waals surface area (Å²) in [6.07, 6.45) is 1.64. The van der Waals surface area contributed by atoms with Gasteiger partial charge >= 0.3 is 12.0 Å². The van der Waals surface area contributed by atoms with Gasteiger partial charge in [-0.2, -0.15) is 0 Å². The van der Waals surface area contributed by atoms with E-state index in [1.165, 1.54) is 0 Å². The highest BCUT2D eigenvalue weighted by Gasteiger charge is 2.22. The fourth-order valence-corrected chi connectivity index (χ4v) is 2.44. The van der Waals surface area contributed by atoms with Gasteiger partial charge in [-0.25, -0.2) is 18.0 Å². The Bertz CT molecular complexity index is 433. The molecule has 0 aliphatic heterocycles. The van der Waals surface area contributed by atoms with Crippen molar-refractivity contribution in [2.75, 3.05) is 12.0 Å². The van der Waals surface area contributed by atoms with E-state index in [2.05, 4.69) is 10.6 Å². The standard InChI is InChI=1S/C12H24N2O5S/c1-8(2)7-9(3)13-12(17)14-10(11(15)16)5-6-20(4,18)19/h8-10H,5-7H2,1-4H3,(H,15,16)(H2,13,14,17). The zero-order valence-electron chi connectivity index (χ0n) is 12.3. The number of carbonyl (C=O) groups is 2. The van der Waals surface area contributed by atoms with Crippen LogP contribution < -0.4 is 10.6 Å². The van der Waals surface area contributed by atoms with E-state index in [-0.39, 0.29) is 18.2 Å². The molecule has 7 nitrogen and oxygen atoms in total. The second kappa shape index (κ2) is 8.08. The molecular formula is C12H24N2O5S. The second-order valence-corrected chi connectivity index (χ2v) is 7.72. The van der Waals surface area contributed by atoms with Crippen LogP contribution in [0.3, 0.4) is 0 Å². The molecule has 0 rings (SSSR count). The lowest BCUT2D eigenvalue weighted by molar-refractivity contribution is -0.139. The minimum atomic E-state index is -3.26. The first-order valence-electron chi connectivity index (χ1n) is 6.48. The third-order valence-electron chi connectivity index (χ3n) is 2.58. The van der Waals surface area contributed by atoms with Crippen molar-refractivity contribution in [1.82, 2.24) is 10.6 Å². The molecule has 2 amide bonds. The van der Waals surface area contributed by atoms with E-state index in [9.17, 15) is 18.0 Å². The lowest BCUT2D eigenvalue weighted by atomic mass is 10.1. The number of urea groups is 1. The molecule has 2 atom stereocenters. The highest BCUT2D eigenvalue weighted by molar-refractivity contribution is 7.90. The van der Waals surface area contributed by atoms with Gasteiger partial charge in [-0.1, -0.05) is 13.8 Å². The lowest BCUT2D eigenvalue weighted by Crippen LogP contribution is -2.49. The number of rotatable bonds is 8. The molecule has 20 heavy (non-hydrogen) atoms. The predicted molar refractivity (Wildman–Crippen MR) is 76.3 cm³/mol. The van der Waals surface area contributed by atoms with Gasteiger partial charge in [0, 0.05) is 12.3 Å². The van der Waals surface area contributed by atoms with E-state index < -0.39 is 27.9 Å². The number of carboxylic acid groups (broad SMARTS) is 1. The third-order valence-corrected chi connectivity index (χ3v) is 3.56. The Balaban J connectivity index is 4.38. The maximum absolute atomic E-state index is 11.6. The van der Waals surface area contributed by atoms with Gasteiger partial charge in [-0.3, -0.25) is 0 Å². The van der Waals surface area contributed by atoms with Crippen molar-refractivity contribution in [3.05, 3.63) is 0 Å². The maximum Gasteiger partial charge on any atom is 0.326 e. The lowest BCUT2D eigenvalue weighted by Gasteiger charge is -2.19. The van der Waals surface area contributed by atoms with Crippen LogP contribution in [0.4, 0.5) is 4.79 Å². The number of amides is 2. The minimum absolute atomic E-state index is 0.0839. The summed E-state index contributed by atoms with van der Waals surface area (Å²) in [5.41, 5.74) is 0. The molecular weight excluding hydrogens is 284 g/mol. The predicted octanol–water partition coefficient (Wildman–Crippen LogP) is 0.608. The van der Waals surface area contributed by atoms with Crippen molar-refractivity contribution in [3.8, 4) is 0 Å². The molecule has 2 unspecified atom stereocenters. The van der Waals surface area contributed by atoms with Crippen LogP contribution in [0.15, 0.2) is 0 Å². The van der Waals surface area contributed by atoms with Crippen LogP contribution in [-0.2, 0) is 14.6 Å². The molecule has 0 fully saturated rings. The Hall–Kier alpha value is -1.31. The molecule has 0 aromatic rings. The summed E-state index contributed by atoms with van der Waals surface area (Å²) >= 11 is 0. The number of carbonyl (C=O) groups excluding carboxylic acids is 1. The number of sulfone groups is 1. The van der Waals surface area contributed by atoms with Crippen molar-refractivity contribution in [1.29, 1.82) is 0 Å². The average molecular weight is 308 g/mol. The van der Waals surface area contributed by atoms with E-state index in [4.69, 9.17) is 5.11 Å². The quantitative estimate of drug-likeness (QED) is 0.608. The van der Waals surface area contributed by atoms with Crippen LogP contribution in [-0.4, -0.2) is 49.6 Å². The molecule has 118 valence electrons. The third kappa shape index (κ3) is 9.60. The van der Waals surface area contributed by atoms with Gasteiger partial charge in [0.25, 0.3) is 0 Å². The van der Waals surface area contributed by atoms with Crippen LogP contribution in [0, 0.1) is 5.92 Å². The second-order valence-electron chi connectivity index (χ2n) is 5.46. The molecule has 0 saturated carbocycles. The maximum atomic E-state index is 11.6. The zero-order chi connectivity index (χ0) is 15.9. The topological polar surface area (TPSA) is 113 Å². The molecule has 0 saturated heterocycles. The summed E-state index contributed by atoms with van der Waals surface area (Å²) in [5.74, 6) is -1.13. The molecule has 0 aliphatic rings. The molecule has 0 heterocycles. The zero-order valence-corrected chi connectivity index (χ0v) is 13.2. The molecule has 0 spiro atoms. The van der Waals surface area contributed by atoms with E-state index in [1.807, 2.05) is 20.8 Å². The molecule has 3 N–H and O–H groups in total. The Morgan fingerprint density at radius 3 is 2.10 bits per heavy atom. The van der Waals surface area contributed by atoms with E-state index in [0.717, 1.165) is 12.7 Å². The Kier molecular flexibility index (Phi) is 7.55. The number of hydrogen-bond donors (Lipinski definition) is 3. The van der Waals surface area contributed by atoms with Crippen molar-refractivity contribution in [3.63, 3.8) is 0 Å². The summed E-state index contributed by atoms with van der Waals surface area (Å²) in [5, 5.41) is 13.9.